The van der Waals surface area contributed by atoms with Crippen molar-refractivity contribution in [3.63, 3.8) is 0 Å². The number of methoxy groups -OCH3 is 1. The molecule has 1 aromatic rings. The first kappa shape index (κ1) is 15.8. The predicted molar refractivity (Wildman–Crippen MR) is 88.1 cm³/mol. The van der Waals surface area contributed by atoms with Gasteiger partial charge in [-0.05, 0) is 64.8 Å². The van der Waals surface area contributed by atoms with E-state index < -0.39 is 0 Å². The predicted octanol–water partition coefficient (Wildman–Crippen LogP) is 4.76. The van der Waals surface area contributed by atoms with Crippen LogP contribution in [0.25, 0.3) is 0 Å². The first-order chi connectivity index (χ1) is 9.72. The van der Waals surface area contributed by atoms with Gasteiger partial charge < -0.3 is 10.1 Å². The fourth-order valence-electron chi connectivity index (χ4n) is 3.08. The summed E-state index contributed by atoms with van der Waals surface area (Å²) in [6, 6.07) is 6.29. The minimum atomic E-state index is 0.875. The molecule has 3 heteroatoms. The molecule has 0 bridgehead atoms. The zero-order chi connectivity index (χ0) is 14.4. The van der Waals surface area contributed by atoms with Crippen LogP contribution in [0.2, 0.25) is 0 Å². The van der Waals surface area contributed by atoms with E-state index in [0.29, 0.717) is 0 Å². The Balaban J connectivity index is 1.72. The molecule has 0 radical (unpaired) electrons. The van der Waals surface area contributed by atoms with Gasteiger partial charge in [-0.15, -0.1) is 0 Å². The van der Waals surface area contributed by atoms with Crippen molar-refractivity contribution in [1.29, 1.82) is 0 Å². The zero-order valence-electron chi connectivity index (χ0n) is 12.6. The minimum absolute atomic E-state index is 0.875. The van der Waals surface area contributed by atoms with Crippen LogP contribution in [0.3, 0.4) is 0 Å². The maximum absolute atomic E-state index is 5.25. The summed E-state index contributed by atoms with van der Waals surface area (Å²) >= 11 is 3.54. The van der Waals surface area contributed by atoms with Crippen molar-refractivity contribution in [2.24, 2.45) is 11.8 Å². The molecule has 0 spiro atoms. The van der Waals surface area contributed by atoms with E-state index in [-0.39, 0.29) is 0 Å². The Labute approximate surface area is 131 Å². The molecule has 1 N–H and O–H groups in total. The Morgan fingerprint density at radius 2 is 1.90 bits per heavy atom. The quantitative estimate of drug-likeness (QED) is 0.806. The van der Waals surface area contributed by atoms with Gasteiger partial charge in [-0.3, -0.25) is 0 Å². The summed E-state index contributed by atoms with van der Waals surface area (Å²) in [5.41, 5.74) is 1.31. The van der Waals surface area contributed by atoms with Crippen LogP contribution < -0.4 is 10.1 Å². The lowest BCUT2D eigenvalue weighted by Crippen LogP contribution is -2.26. The fourth-order valence-corrected chi connectivity index (χ4v) is 3.67. The van der Waals surface area contributed by atoms with Gasteiger partial charge in [0.25, 0.3) is 0 Å². The maximum atomic E-state index is 5.25. The van der Waals surface area contributed by atoms with Crippen LogP contribution in [0.4, 0.5) is 0 Å². The van der Waals surface area contributed by atoms with E-state index in [1.54, 1.807) is 7.11 Å². The second-order valence-corrected chi connectivity index (χ2v) is 6.75. The Morgan fingerprint density at radius 1 is 1.20 bits per heavy atom. The number of nitrogens with one attached hydrogen (secondary N) is 1. The van der Waals surface area contributed by atoms with Gasteiger partial charge in [0, 0.05) is 6.54 Å². The van der Waals surface area contributed by atoms with Crippen LogP contribution in [0.15, 0.2) is 22.7 Å². The summed E-state index contributed by atoms with van der Waals surface area (Å²) in [4.78, 5) is 0. The number of hydrogen-bond acceptors (Lipinski definition) is 2. The molecule has 2 rings (SSSR count). The van der Waals surface area contributed by atoms with Gasteiger partial charge in [0.05, 0.1) is 11.6 Å². The van der Waals surface area contributed by atoms with Crippen molar-refractivity contribution in [1.82, 2.24) is 5.32 Å². The van der Waals surface area contributed by atoms with Gasteiger partial charge in [0.2, 0.25) is 0 Å². The average Bonchev–Trinajstić information content (AvgIpc) is 2.48. The summed E-state index contributed by atoms with van der Waals surface area (Å²) in [6.45, 7) is 4.42. The second kappa shape index (κ2) is 8.04. The van der Waals surface area contributed by atoms with Crippen molar-refractivity contribution >= 4 is 15.9 Å². The molecule has 0 amide bonds. The van der Waals surface area contributed by atoms with Gasteiger partial charge in [-0.1, -0.05) is 32.3 Å². The number of benzene rings is 1. The molecule has 0 atom stereocenters. The monoisotopic (exact) mass is 339 g/mol. The first-order valence-electron chi connectivity index (χ1n) is 7.76. The van der Waals surface area contributed by atoms with Crippen molar-refractivity contribution in [2.75, 3.05) is 13.7 Å². The summed E-state index contributed by atoms with van der Waals surface area (Å²) in [5.74, 6) is 2.76. The van der Waals surface area contributed by atoms with E-state index in [2.05, 4.69) is 40.3 Å². The number of halogens is 1. The third-order valence-electron chi connectivity index (χ3n) is 4.52. The van der Waals surface area contributed by atoms with E-state index in [1.807, 2.05) is 6.07 Å². The fraction of sp³-hybridized carbons (Fsp3) is 0.647. The van der Waals surface area contributed by atoms with Crippen LogP contribution in [0.1, 0.15) is 44.6 Å². The van der Waals surface area contributed by atoms with Crippen molar-refractivity contribution in [3.8, 4) is 5.75 Å². The highest BCUT2D eigenvalue weighted by molar-refractivity contribution is 9.10. The van der Waals surface area contributed by atoms with Crippen LogP contribution in [0.5, 0.6) is 5.75 Å². The Morgan fingerprint density at radius 3 is 2.50 bits per heavy atom. The summed E-state index contributed by atoms with van der Waals surface area (Å²) < 4.78 is 6.28. The smallest absolute Gasteiger partial charge is 0.133 e. The normalized spacial score (nSPS) is 22.8. The zero-order valence-corrected chi connectivity index (χ0v) is 14.2. The van der Waals surface area contributed by atoms with E-state index >= 15 is 0 Å². The lowest BCUT2D eigenvalue weighted by molar-refractivity contribution is 0.262. The van der Waals surface area contributed by atoms with Crippen molar-refractivity contribution < 1.29 is 4.74 Å². The maximum Gasteiger partial charge on any atom is 0.133 e. The summed E-state index contributed by atoms with van der Waals surface area (Å²) in [7, 11) is 1.70. The second-order valence-electron chi connectivity index (χ2n) is 5.89. The molecule has 1 aromatic carbocycles. The molecule has 20 heavy (non-hydrogen) atoms. The van der Waals surface area contributed by atoms with Gasteiger partial charge in [-0.2, -0.15) is 0 Å². The highest BCUT2D eigenvalue weighted by Gasteiger charge is 2.19. The molecular weight excluding hydrogens is 314 g/mol. The molecule has 1 fully saturated rings. The Hall–Kier alpha value is -0.540. The van der Waals surface area contributed by atoms with Crippen molar-refractivity contribution in [2.45, 2.75) is 45.6 Å². The van der Waals surface area contributed by atoms with E-state index in [4.69, 9.17) is 4.74 Å². The van der Waals surface area contributed by atoms with Crippen LogP contribution >= 0.6 is 15.9 Å². The highest BCUT2D eigenvalue weighted by atomic mass is 79.9. The molecule has 0 unspecified atom stereocenters. The molecule has 0 aromatic heterocycles. The van der Waals surface area contributed by atoms with Gasteiger partial charge in [-0.25, -0.2) is 0 Å². The molecule has 0 aliphatic heterocycles. The molecular formula is C17H26BrNO. The molecule has 1 aliphatic rings. The molecule has 1 aliphatic carbocycles. The molecule has 1 saturated carbocycles. The SMILES string of the molecule is CCC1CCC(CNCc2ccc(OC)c(Br)c2)CC1. The molecule has 0 heterocycles. The van der Waals surface area contributed by atoms with Crippen LogP contribution in [0, 0.1) is 11.8 Å². The van der Waals surface area contributed by atoms with Crippen LogP contribution in [-0.2, 0) is 6.54 Å². The number of ether oxygens (including phenoxy) is 1. The van der Waals surface area contributed by atoms with Crippen LogP contribution in [-0.4, -0.2) is 13.7 Å². The molecule has 112 valence electrons. The summed E-state index contributed by atoms with van der Waals surface area (Å²) in [6.07, 6.45) is 7.02. The first-order valence-corrected chi connectivity index (χ1v) is 8.55. The third kappa shape index (κ3) is 4.49. The largest absolute Gasteiger partial charge is 0.496 e. The van der Waals surface area contributed by atoms with E-state index in [9.17, 15) is 0 Å². The van der Waals surface area contributed by atoms with Crippen molar-refractivity contribution in [3.05, 3.63) is 28.2 Å². The Kier molecular flexibility index (Phi) is 6.37. The molecule has 2 nitrogen and oxygen atoms in total. The Bertz CT molecular complexity index is 413. The standard InChI is InChI=1S/C17H26BrNO/c1-3-13-4-6-14(7-5-13)11-19-12-15-8-9-17(20-2)16(18)10-15/h8-10,13-14,19H,3-7,11-12H2,1-2H3. The number of hydrogen-bond donors (Lipinski definition) is 1. The number of rotatable bonds is 6. The highest BCUT2D eigenvalue weighted by Crippen LogP contribution is 2.30. The van der Waals surface area contributed by atoms with Gasteiger partial charge in [0.15, 0.2) is 0 Å². The molecule has 0 saturated heterocycles. The van der Waals surface area contributed by atoms with E-state index in [0.717, 1.165) is 35.1 Å². The van der Waals surface area contributed by atoms with Gasteiger partial charge in [0.1, 0.15) is 5.75 Å². The topological polar surface area (TPSA) is 21.3 Å². The van der Waals surface area contributed by atoms with E-state index in [1.165, 1.54) is 37.7 Å². The summed E-state index contributed by atoms with van der Waals surface area (Å²) in [5, 5.41) is 3.61. The lowest BCUT2D eigenvalue weighted by atomic mass is 9.81. The average molecular weight is 340 g/mol. The van der Waals surface area contributed by atoms with Gasteiger partial charge >= 0.3 is 0 Å². The lowest BCUT2D eigenvalue weighted by Gasteiger charge is -2.28. The third-order valence-corrected chi connectivity index (χ3v) is 5.14. The minimum Gasteiger partial charge on any atom is -0.496 e.